The van der Waals surface area contributed by atoms with Crippen molar-refractivity contribution in [3.63, 3.8) is 0 Å². The van der Waals surface area contributed by atoms with Crippen LogP contribution in [0.3, 0.4) is 0 Å². The van der Waals surface area contributed by atoms with Gasteiger partial charge in [-0.15, -0.1) is 0 Å². The van der Waals surface area contributed by atoms with E-state index >= 15 is 0 Å². The third kappa shape index (κ3) is 2.59. The highest BCUT2D eigenvalue weighted by atomic mass is 16.2. The minimum atomic E-state index is -0.0290. The van der Waals surface area contributed by atoms with Crippen LogP contribution in [0.1, 0.15) is 55.6 Å². The summed E-state index contributed by atoms with van der Waals surface area (Å²) >= 11 is 0. The second kappa shape index (κ2) is 5.95. The van der Waals surface area contributed by atoms with Gasteiger partial charge in [-0.2, -0.15) is 5.10 Å². The molecule has 0 aromatic carbocycles. The average molecular weight is 278 g/mol. The van der Waals surface area contributed by atoms with Crippen molar-refractivity contribution in [2.45, 2.75) is 58.5 Å². The zero-order valence-electron chi connectivity index (χ0n) is 13.0. The fourth-order valence-electron chi connectivity index (χ4n) is 3.27. The predicted molar refractivity (Wildman–Crippen MR) is 79.3 cm³/mol. The number of hydrogen-bond donors (Lipinski definition) is 1. The van der Waals surface area contributed by atoms with E-state index in [4.69, 9.17) is 5.73 Å². The van der Waals surface area contributed by atoms with Crippen molar-refractivity contribution in [3.8, 4) is 0 Å². The van der Waals surface area contributed by atoms with Gasteiger partial charge >= 0.3 is 0 Å². The van der Waals surface area contributed by atoms with Crippen LogP contribution in [0.2, 0.25) is 0 Å². The van der Waals surface area contributed by atoms with E-state index in [1.165, 1.54) is 0 Å². The Labute approximate surface area is 121 Å². The molecule has 1 aromatic rings. The number of carbonyl (C=O) groups is 1. The molecule has 2 unspecified atom stereocenters. The molecule has 2 rings (SSSR count). The smallest absolute Gasteiger partial charge is 0.223 e. The molecule has 0 saturated carbocycles. The number of nitrogens with zero attached hydrogens (tertiary/aromatic N) is 3. The quantitative estimate of drug-likeness (QED) is 0.917. The lowest BCUT2D eigenvalue weighted by Crippen LogP contribution is -2.43. The van der Waals surface area contributed by atoms with Gasteiger partial charge in [-0.25, -0.2) is 0 Å². The van der Waals surface area contributed by atoms with E-state index in [0.717, 1.165) is 42.8 Å². The number of carbonyl (C=O) groups excluding carboxylic acids is 1. The second-order valence-corrected chi connectivity index (χ2v) is 5.80. The van der Waals surface area contributed by atoms with Crippen molar-refractivity contribution >= 4 is 5.91 Å². The number of nitrogens with two attached hydrogens (primary N) is 1. The van der Waals surface area contributed by atoms with Gasteiger partial charge in [-0.1, -0.05) is 6.92 Å². The molecule has 20 heavy (non-hydrogen) atoms. The topological polar surface area (TPSA) is 64.2 Å². The van der Waals surface area contributed by atoms with Gasteiger partial charge in [0.25, 0.3) is 0 Å². The van der Waals surface area contributed by atoms with E-state index in [0.29, 0.717) is 6.42 Å². The number of amides is 1. The normalized spacial score (nSPS) is 24.1. The van der Waals surface area contributed by atoms with E-state index in [9.17, 15) is 4.79 Å². The summed E-state index contributed by atoms with van der Waals surface area (Å²) in [7, 11) is 1.94. The fraction of sp³-hybridized carbons (Fsp3) is 0.733. The zero-order chi connectivity index (χ0) is 14.9. The van der Waals surface area contributed by atoms with Gasteiger partial charge in [-0.3, -0.25) is 9.48 Å². The first kappa shape index (κ1) is 15.0. The summed E-state index contributed by atoms with van der Waals surface area (Å²) < 4.78 is 1.89. The average Bonchev–Trinajstić information content (AvgIpc) is 2.55. The summed E-state index contributed by atoms with van der Waals surface area (Å²) in [5, 5.41) is 4.49. The lowest BCUT2D eigenvalue weighted by Gasteiger charge is -2.34. The molecule has 2 N–H and O–H groups in total. The number of likely N-dealkylation sites (tertiary alicyclic amines) is 1. The third-order valence-electron chi connectivity index (χ3n) is 4.32. The Morgan fingerprint density at radius 1 is 1.40 bits per heavy atom. The minimum absolute atomic E-state index is 0.00500. The highest BCUT2D eigenvalue weighted by molar-refractivity contribution is 5.77. The molecule has 2 heterocycles. The molecule has 1 amide bonds. The first-order chi connectivity index (χ1) is 9.47. The van der Waals surface area contributed by atoms with Crippen LogP contribution in [0.25, 0.3) is 0 Å². The highest BCUT2D eigenvalue weighted by Crippen LogP contribution is 2.33. The fourth-order valence-corrected chi connectivity index (χ4v) is 3.27. The van der Waals surface area contributed by atoms with Crippen molar-refractivity contribution in [3.05, 3.63) is 17.0 Å². The van der Waals surface area contributed by atoms with Gasteiger partial charge in [0.1, 0.15) is 0 Å². The van der Waals surface area contributed by atoms with Gasteiger partial charge in [-0.05, 0) is 33.1 Å². The van der Waals surface area contributed by atoms with E-state index in [2.05, 4.69) is 18.9 Å². The summed E-state index contributed by atoms with van der Waals surface area (Å²) in [4.78, 5) is 14.4. The Morgan fingerprint density at radius 2 is 2.10 bits per heavy atom. The lowest BCUT2D eigenvalue weighted by molar-refractivity contribution is -0.133. The summed E-state index contributed by atoms with van der Waals surface area (Å²) in [6.07, 6.45) is 3.34. The molecule has 0 spiro atoms. The maximum absolute atomic E-state index is 12.4. The van der Waals surface area contributed by atoms with Gasteiger partial charge in [0.05, 0.1) is 11.7 Å². The van der Waals surface area contributed by atoms with Crippen LogP contribution in [0, 0.1) is 13.8 Å². The first-order valence-electron chi connectivity index (χ1n) is 7.52. The summed E-state index contributed by atoms with van der Waals surface area (Å²) in [6, 6.07) is -0.0340. The molecule has 1 aromatic heterocycles. The van der Waals surface area contributed by atoms with Crippen LogP contribution < -0.4 is 5.73 Å². The molecule has 0 aliphatic carbocycles. The molecule has 1 fully saturated rings. The number of rotatable bonds is 3. The Hall–Kier alpha value is -1.36. The van der Waals surface area contributed by atoms with Crippen LogP contribution in [0.15, 0.2) is 0 Å². The summed E-state index contributed by atoms with van der Waals surface area (Å²) in [5.41, 5.74) is 9.65. The lowest BCUT2D eigenvalue weighted by atomic mass is 9.94. The molecule has 112 valence electrons. The van der Waals surface area contributed by atoms with Crippen molar-refractivity contribution in [1.82, 2.24) is 14.7 Å². The standard InChI is InChI=1S/C15H26N4O/c1-5-9-19-13(20)8-6-7-12(16)15(19)14-10(2)17-18(4)11(14)3/h12,15H,5-9,16H2,1-4H3. The van der Waals surface area contributed by atoms with Crippen LogP contribution >= 0.6 is 0 Å². The zero-order valence-corrected chi connectivity index (χ0v) is 13.0. The second-order valence-electron chi connectivity index (χ2n) is 5.80. The summed E-state index contributed by atoms with van der Waals surface area (Å²) in [5.74, 6) is 0.229. The van der Waals surface area contributed by atoms with E-state index in [1.807, 2.05) is 23.6 Å². The SMILES string of the molecule is CCCN1C(=O)CCCC(N)C1c1c(C)nn(C)c1C. The largest absolute Gasteiger partial charge is 0.334 e. The van der Waals surface area contributed by atoms with E-state index in [-0.39, 0.29) is 18.0 Å². The van der Waals surface area contributed by atoms with Crippen molar-refractivity contribution in [2.75, 3.05) is 6.54 Å². The third-order valence-corrected chi connectivity index (χ3v) is 4.32. The van der Waals surface area contributed by atoms with Crippen LogP contribution in [0.5, 0.6) is 0 Å². The molecule has 5 nitrogen and oxygen atoms in total. The maximum Gasteiger partial charge on any atom is 0.223 e. The van der Waals surface area contributed by atoms with E-state index in [1.54, 1.807) is 0 Å². The molecular formula is C15H26N4O. The Balaban J connectivity index is 2.48. The van der Waals surface area contributed by atoms with Gasteiger partial charge in [0, 0.05) is 37.3 Å². The van der Waals surface area contributed by atoms with Gasteiger partial charge < -0.3 is 10.6 Å². The molecule has 0 radical (unpaired) electrons. The molecule has 1 aliphatic rings. The van der Waals surface area contributed by atoms with Crippen molar-refractivity contribution in [2.24, 2.45) is 12.8 Å². The number of aryl methyl sites for hydroxylation is 2. The minimum Gasteiger partial charge on any atom is -0.334 e. The van der Waals surface area contributed by atoms with Gasteiger partial charge in [0.15, 0.2) is 0 Å². The van der Waals surface area contributed by atoms with Crippen molar-refractivity contribution in [1.29, 1.82) is 0 Å². The molecule has 2 atom stereocenters. The highest BCUT2D eigenvalue weighted by Gasteiger charge is 2.35. The molecular weight excluding hydrogens is 252 g/mol. The predicted octanol–water partition coefficient (Wildman–Crippen LogP) is 1.83. The number of aromatic nitrogens is 2. The first-order valence-corrected chi connectivity index (χ1v) is 7.52. The van der Waals surface area contributed by atoms with Crippen LogP contribution in [-0.2, 0) is 11.8 Å². The van der Waals surface area contributed by atoms with E-state index < -0.39 is 0 Å². The van der Waals surface area contributed by atoms with Crippen LogP contribution in [0.4, 0.5) is 0 Å². The van der Waals surface area contributed by atoms with Crippen LogP contribution in [-0.4, -0.2) is 33.2 Å². The molecule has 1 saturated heterocycles. The molecule has 1 aliphatic heterocycles. The molecule has 0 bridgehead atoms. The summed E-state index contributed by atoms with van der Waals surface area (Å²) in [6.45, 7) is 6.94. The van der Waals surface area contributed by atoms with Crippen molar-refractivity contribution < 1.29 is 4.79 Å². The monoisotopic (exact) mass is 278 g/mol. The molecule has 5 heteroatoms. The number of hydrogen-bond acceptors (Lipinski definition) is 3. The Kier molecular flexibility index (Phi) is 4.48. The maximum atomic E-state index is 12.4. The van der Waals surface area contributed by atoms with Gasteiger partial charge in [0.2, 0.25) is 5.91 Å². The Morgan fingerprint density at radius 3 is 2.65 bits per heavy atom. The Bertz CT molecular complexity index is 494.